The van der Waals surface area contributed by atoms with E-state index in [0.717, 1.165) is 0 Å². The van der Waals surface area contributed by atoms with E-state index in [0.29, 0.717) is 18.2 Å². The van der Waals surface area contributed by atoms with Gasteiger partial charge in [-0.15, -0.1) is 0 Å². The van der Waals surface area contributed by atoms with Gasteiger partial charge >= 0.3 is 129 Å². The van der Waals surface area contributed by atoms with Crippen LogP contribution in [0.5, 0.6) is 0 Å². The predicted octanol–water partition coefficient (Wildman–Crippen LogP) is 3.26. The molecule has 0 atom stereocenters. The molecule has 1 fully saturated rings. The van der Waals surface area contributed by atoms with Crippen LogP contribution in [0.15, 0.2) is 0 Å². The molecule has 0 aromatic heterocycles. The molecular weight excluding hydrogens is 341 g/mol. The molecule has 1 radical (unpaired) electrons. The van der Waals surface area contributed by atoms with E-state index < -0.39 is 20.6 Å². The summed E-state index contributed by atoms with van der Waals surface area (Å²) in [4.78, 5) is 0. The molecule has 1 heterocycles. The Morgan fingerprint density at radius 3 is 1.58 bits per heavy atom. The van der Waals surface area contributed by atoms with Crippen LogP contribution >= 0.6 is 0 Å². The summed E-state index contributed by atoms with van der Waals surface area (Å²) in [7, 11) is 0. The van der Waals surface area contributed by atoms with Crippen molar-refractivity contribution >= 4 is 20.6 Å². The van der Waals surface area contributed by atoms with Gasteiger partial charge in [-0.3, -0.25) is 0 Å². The standard InChI is InChI=1S/C9H20N2.C6H14N.Sn/c1-6-9(10-7(2)3)11-8(4)5;1-3-5-7-6-4-2;/h7-9H,6H2,1-5H3;3-6H2,1-2H3;/q-2;-1;+3. The van der Waals surface area contributed by atoms with Gasteiger partial charge in [0.2, 0.25) is 0 Å². The summed E-state index contributed by atoms with van der Waals surface area (Å²) < 4.78 is 8.66. The summed E-state index contributed by atoms with van der Waals surface area (Å²) in [5.41, 5.74) is 0. The van der Waals surface area contributed by atoms with E-state index in [4.69, 9.17) is 0 Å². The normalized spacial score (nSPS) is 19.9. The number of hydrogen-bond acceptors (Lipinski definition) is 3. The van der Waals surface area contributed by atoms with Crippen LogP contribution in [0.1, 0.15) is 67.7 Å². The van der Waals surface area contributed by atoms with Crippen molar-refractivity contribution in [3.63, 3.8) is 0 Å². The molecular formula is C15H34N3Sn. The van der Waals surface area contributed by atoms with Crippen LogP contribution in [-0.2, 0) is 0 Å². The zero-order valence-corrected chi connectivity index (χ0v) is 17.0. The fourth-order valence-corrected chi connectivity index (χ4v) is 13.7. The zero-order chi connectivity index (χ0) is 14.6. The second kappa shape index (κ2) is 8.20. The molecule has 4 heteroatoms. The van der Waals surface area contributed by atoms with Crippen molar-refractivity contribution in [2.75, 3.05) is 13.1 Å². The van der Waals surface area contributed by atoms with Crippen LogP contribution < -0.4 is 0 Å². The average molecular weight is 375 g/mol. The molecule has 0 amide bonds. The van der Waals surface area contributed by atoms with Crippen LogP contribution in [0, 0.1) is 0 Å². The fraction of sp³-hybridized carbons (Fsp3) is 1.00. The Bertz CT molecular complexity index is 236. The van der Waals surface area contributed by atoms with E-state index in [2.05, 4.69) is 57.8 Å². The molecule has 1 rings (SSSR count). The van der Waals surface area contributed by atoms with Gasteiger partial charge in [-0.25, -0.2) is 0 Å². The molecule has 0 aromatic carbocycles. The molecule has 0 unspecified atom stereocenters. The Hall–Kier alpha value is 0.679. The van der Waals surface area contributed by atoms with E-state index in [9.17, 15) is 0 Å². The minimum absolute atomic E-state index is 0.713. The van der Waals surface area contributed by atoms with Gasteiger partial charge in [0.05, 0.1) is 0 Å². The zero-order valence-electron chi connectivity index (χ0n) is 14.1. The SMILES string of the molecule is CCC[N](CCC)[Sn]1[N](C(C)C)C(CC)[N]1C(C)C. The maximum absolute atomic E-state index is 2.90. The van der Waals surface area contributed by atoms with Gasteiger partial charge in [-0.05, 0) is 0 Å². The van der Waals surface area contributed by atoms with Crippen molar-refractivity contribution in [2.24, 2.45) is 0 Å². The van der Waals surface area contributed by atoms with E-state index >= 15 is 0 Å². The molecule has 1 aliphatic heterocycles. The average Bonchev–Trinajstić information content (AvgIpc) is 2.27. The maximum atomic E-state index is 2.90. The van der Waals surface area contributed by atoms with Crippen LogP contribution in [0.3, 0.4) is 0 Å². The molecule has 0 bridgehead atoms. The van der Waals surface area contributed by atoms with E-state index in [1.165, 1.54) is 32.4 Å². The molecule has 0 spiro atoms. The van der Waals surface area contributed by atoms with Gasteiger partial charge in [-0.2, -0.15) is 0 Å². The van der Waals surface area contributed by atoms with Crippen molar-refractivity contribution in [1.82, 2.24) is 9.36 Å². The van der Waals surface area contributed by atoms with E-state index in [-0.39, 0.29) is 0 Å². The van der Waals surface area contributed by atoms with Crippen LogP contribution in [-0.4, -0.2) is 61.3 Å². The van der Waals surface area contributed by atoms with Crippen molar-refractivity contribution in [1.29, 1.82) is 0 Å². The monoisotopic (exact) mass is 376 g/mol. The fourth-order valence-electron chi connectivity index (χ4n) is 3.20. The van der Waals surface area contributed by atoms with Crippen LogP contribution in [0.2, 0.25) is 0 Å². The number of nitrogens with zero attached hydrogens (tertiary/aromatic N) is 3. The van der Waals surface area contributed by atoms with Crippen molar-refractivity contribution in [3.8, 4) is 0 Å². The molecule has 0 saturated carbocycles. The van der Waals surface area contributed by atoms with Crippen molar-refractivity contribution < 1.29 is 0 Å². The van der Waals surface area contributed by atoms with Crippen LogP contribution in [0.25, 0.3) is 0 Å². The molecule has 0 aliphatic carbocycles. The molecule has 1 aliphatic rings. The van der Waals surface area contributed by atoms with Crippen LogP contribution in [0.4, 0.5) is 0 Å². The number of hydrogen-bond donors (Lipinski definition) is 0. The predicted molar refractivity (Wildman–Crippen MR) is 85.9 cm³/mol. The summed E-state index contributed by atoms with van der Waals surface area (Å²) in [6, 6.07) is 1.43. The second-order valence-corrected chi connectivity index (χ2v) is 12.6. The third-order valence-electron chi connectivity index (χ3n) is 3.85. The first-order valence-electron chi connectivity index (χ1n) is 8.18. The van der Waals surface area contributed by atoms with Gasteiger partial charge in [0, 0.05) is 0 Å². The topological polar surface area (TPSA) is 9.72 Å². The molecule has 3 nitrogen and oxygen atoms in total. The number of rotatable bonds is 8. The molecule has 1 saturated heterocycles. The Balaban J connectivity index is 2.89. The minimum atomic E-state index is -1.73. The van der Waals surface area contributed by atoms with Gasteiger partial charge in [0.25, 0.3) is 0 Å². The van der Waals surface area contributed by atoms with Gasteiger partial charge in [0.15, 0.2) is 0 Å². The summed E-state index contributed by atoms with van der Waals surface area (Å²) in [5.74, 6) is 0. The Morgan fingerprint density at radius 1 is 0.895 bits per heavy atom. The summed E-state index contributed by atoms with van der Waals surface area (Å²) in [6.07, 6.45) is 4.56. The van der Waals surface area contributed by atoms with E-state index in [1.807, 2.05) is 0 Å². The van der Waals surface area contributed by atoms with Crippen molar-refractivity contribution in [3.05, 3.63) is 0 Å². The summed E-state index contributed by atoms with van der Waals surface area (Å²) >= 11 is -1.73. The first-order chi connectivity index (χ1) is 8.99. The van der Waals surface area contributed by atoms with Gasteiger partial charge in [-0.1, -0.05) is 0 Å². The first kappa shape index (κ1) is 17.7. The molecule has 113 valence electrons. The van der Waals surface area contributed by atoms with Crippen molar-refractivity contribution in [2.45, 2.75) is 86.0 Å². The first-order valence-corrected chi connectivity index (χ1v) is 12.0. The molecule has 0 N–H and O–H groups in total. The van der Waals surface area contributed by atoms with Gasteiger partial charge in [0.1, 0.15) is 0 Å². The Kier molecular flexibility index (Phi) is 7.65. The second-order valence-electron chi connectivity index (χ2n) is 6.18. The summed E-state index contributed by atoms with van der Waals surface area (Å²) in [5, 5.41) is 0. The molecule has 19 heavy (non-hydrogen) atoms. The Morgan fingerprint density at radius 2 is 1.32 bits per heavy atom. The third kappa shape index (κ3) is 3.86. The quantitative estimate of drug-likeness (QED) is 0.603. The Labute approximate surface area is 129 Å². The van der Waals surface area contributed by atoms with E-state index in [1.54, 1.807) is 0 Å². The molecule has 0 aromatic rings. The van der Waals surface area contributed by atoms with Gasteiger partial charge < -0.3 is 0 Å². The third-order valence-corrected chi connectivity index (χ3v) is 14.0. The summed E-state index contributed by atoms with van der Waals surface area (Å²) in [6.45, 7) is 19.1.